The Balaban J connectivity index is 2.17. The van der Waals surface area contributed by atoms with Gasteiger partial charge in [0.15, 0.2) is 5.13 Å². The Morgan fingerprint density at radius 2 is 1.94 bits per heavy atom. The Morgan fingerprint density at radius 3 is 2.41 bits per heavy atom. The normalized spacial score (nSPS) is 26.5. The first kappa shape index (κ1) is 12.8. The van der Waals surface area contributed by atoms with Crippen LogP contribution in [0.1, 0.15) is 24.4 Å². The van der Waals surface area contributed by atoms with Crippen LogP contribution in [0.5, 0.6) is 0 Å². The highest BCUT2D eigenvalue weighted by Crippen LogP contribution is 2.28. The molecule has 2 atom stereocenters. The first-order valence-electron chi connectivity index (χ1n) is 6.07. The molecule has 2 unspecified atom stereocenters. The van der Waals surface area contributed by atoms with Crippen molar-refractivity contribution < 1.29 is 5.11 Å². The summed E-state index contributed by atoms with van der Waals surface area (Å²) >= 11 is 1.62. The number of piperazine rings is 1. The van der Waals surface area contributed by atoms with E-state index in [1.165, 1.54) is 0 Å². The quantitative estimate of drug-likeness (QED) is 0.869. The van der Waals surface area contributed by atoms with Crippen LogP contribution >= 0.6 is 11.3 Å². The van der Waals surface area contributed by atoms with E-state index < -0.39 is 0 Å². The number of aryl methyl sites for hydroxylation is 1. The van der Waals surface area contributed by atoms with E-state index in [9.17, 15) is 5.11 Å². The van der Waals surface area contributed by atoms with Crippen LogP contribution in [-0.2, 0) is 6.61 Å². The number of rotatable bonds is 2. The van der Waals surface area contributed by atoms with Gasteiger partial charge in [-0.05, 0) is 27.8 Å². The smallest absolute Gasteiger partial charge is 0.185 e. The van der Waals surface area contributed by atoms with Crippen LogP contribution in [-0.4, -0.2) is 47.2 Å². The predicted molar refractivity (Wildman–Crippen MR) is 71.7 cm³/mol. The van der Waals surface area contributed by atoms with Gasteiger partial charge in [-0.2, -0.15) is 0 Å². The highest BCUT2D eigenvalue weighted by Gasteiger charge is 2.28. The number of aliphatic hydroxyl groups excluding tert-OH is 1. The van der Waals surface area contributed by atoms with Crippen LogP contribution in [0.2, 0.25) is 0 Å². The third kappa shape index (κ3) is 2.46. The summed E-state index contributed by atoms with van der Waals surface area (Å²) in [4.78, 5) is 10.3. The number of aliphatic hydroxyl groups is 1. The Bertz CT molecular complexity index is 381. The third-order valence-electron chi connectivity index (χ3n) is 3.66. The molecule has 5 heteroatoms. The molecule has 96 valence electrons. The highest BCUT2D eigenvalue weighted by atomic mass is 32.1. The second-order valence-electron chi connectivity index (χ2n) is 4.93. The Kier molecular flexibility index (Phi) is 3.70. The highest BCUT2D eigenvalue weighted by molar-refractivity contribution is 7.15. The summed E-state index contributed by atoms with van der Waals surface area (Å²) in [6, 6.07) is 1.08. The molecule has 1 aliphatic heterocycles. The van der Waals surface area contributed by atoms with Crippen LogP contribution in [0.4, 0.5) is 5.13 Å². The molecule has 1 aromatic heterocycles. The largest absolute Gasteiger partial charge is 0.391 e. The molecule has 0 radical (unpaired) electrons. The average molecular weight is 255 g/mol. The van der Waals surface area contributed by atoms with Gasteiger partial charge in [-0.25, -0.2) is 4.98 Å². The van der Waals surface area contributed by atoms with Gasteiger partial charge in [-0.3, -0.25) is 4.90 Å². The Hall–Kier alpha value is -0.650. The fourth-order valence-corrected chi connectivity index (χ4v) is 3.19. The van der Waals surface area contributed by atoms with Gasteiger partial charge >= 0.3 is 0 Å². The van der Waals surface area contributed by atoms with Crippen LogP contribution in [0.3, 0.4) is 0 Å². The van der Waals surface area contributed by atoms with Crippen molar-refractivity contribution in [1.29, 1.82) is 0 Å². The summed E-state index contributed by atoms with van der Waals surface area (Å²) in [5.41, 5.74) is 0.965. The number of nitrogens with zero attached hydrogens (tertiary/aromatic N) is 3. The topological polar surface area (TPSA) is 39.6 Å². The molecule has 2 rings (SSSR count). The maximum Gasteiger partial charge on any atom is 0.185 e. The zero-order valence-corrected chi connectivity index (χ0v) is 11.8. The van der Waals surface area contributed by atoms with E-state index in [2.05, 4.69) is 35.7 Å². The second kappa shape index (κ2) is 4.92. The van der Waals surface area contributed by atoms with Crippen LogP contribution < -0.4 is 4.90 Å². The van der Waals surface area contributed by atoms with Gasteiger partial charge in [-0.15, -0.1) is 0 Å². The van der Waals surface area contributed by atoms with Gasteiger partial charge in [0.25, 0.3) is 0 Å². The summed E-state index contributed by atoms with van der Waals surface area (Å²) in [5.74, 6) is 0. The van der Waals surface area contributed by atoms with Gasteiger partial charge in [-0.1, -0.05) is 11.3 Å². The maximum absolute atomic E-state index is 9.22. The number of hydrogen-bond donors (Lipinski definition) is 1. The summed E-state index contributed by atoms with van der Waals surface area (Å²) in [5, 5.41) is 10.3. The molecule has 2 heterocycles. The maximum atomic E-state index is 9.22. The van der Waals surface area contributed by atoms with E-state index in [-0.39, 0.29) is 6.61 Å². The number of anilines is 1. The van der Waals surface area contributed by atoms with Gasteiger partial charge in [0.2, 0.25) is 0 Å². The molecule has 1 fully saturated rings. The summed E-state index contributed by atoms with van der Waals surface area (Å²) in [6.45, 7) is 8.58. The molecule has 0 saturated carbocycles. The van der Waals surface area contributed by atoms with Crippen molar-refractivity contribution in [3.63, 3.8) is 0 Å². The minimum Gasteiger partial charge on any atom is -0.391 e. The lowest BCUT2D eigenvalue weighted by molar-refractivity contribution is 0.170. The zero-order chi connectivity index (χ0) is 12.6. The van der Waals surface area contributed by atoms with Gasteiger partial charge in [0, 0.05) is 25.2 Å². The average Bonchev–Trinajstić information content (AvgIpc) is 2.66. The SMILES string of the molecule is Cc1nc(N2CC(C)N(C)C(C)C2)sc1CO. The molecule has 4 nitrogen and oxygen atoms in total. The number of thiazole rings is 1. The van der Waals surface area contributed by atoms with E-state index in [0.717, 1.165) is 28.8 Å². The minimum atomic E-state index is 0.0996. The second-order valence-corrected chi connectivity index (χ2v) is 5.99. The monoisotopic (exact) mass is 255 g/mol. The summed E-state index contributed by atoms with van der Waals surface area (Å²) in [7, 11) is 2.18. The van der Waals surface area contributed by atoms with Gasteiger partial charge < -0.3 is 10.0 Å². The molecular formula is C12H21N3OS. The van der Waals surface area contributed by atoms with Crippen molar-refractivity contribution in [2.24, 2.45) is 0 Å². The first-order chi connectivity index (χ1) is 8.02. The lowest BCUT2D eigenvalue weighted by Gasteiger charge is -2.42. The molecule has 1 N–H and O–H groups in total. The molecule has 0 aromatic carbocycles. The number of aromatic nitrogens is 1. The molecule has 0 amide bonds. The molecule has 1 aliphatic rings. The van der Waals surface area contributed by atoms with E-state index in [0.29, 0.717) is 12.1 Å². The fourth-order valence-electron chi connectivity index (χ4n) is 2.26. The number of likely N-dealkylation sites (N-methyl/N-ethyl adjacent to an activating group) is 1. The zero-order valence-electron chi connectivity index (χ0n) is 11.0. The molecular weight excluding hydrogens is 234 g/mol. The van der Waals surface area contributed by atoms with Crippen molar-refractivity contribution in [3.05, 3.63) is 10.6 Å². The summed E-state index contributed by atoms with van der Waals surface area (Å²) in [6.07, 6.45) is 0. The van der Waals surface area contributed by atoms with Crippen molar-refractivity contribution in [2.75, 3.05) is 25.0 Å². The molecule has 1 aromatic rings. The van der Waals surface area contributed by atoms with E-state index in [4.69, 9.17) is 0 Å². The molecule has 0 aliphatic carbocycles. The lowest BCUT2D eigenvalue weighted by Crippen LogP contribution is -2.55. The Morgan fingerprint density at radius 1 is 1.35 bits per heavy atom. The van der Waals surface area contributed by atoms with Crippen molar-refractivity contribution in [2.45, 2.75) is 39.5 Å². The molecule has 17 heavy (non-hydrogen) atoms. The van der Waals surface area contributed by atoms with Crippen molar-refractivity contribution >= 4 is 16.5 Å². The minimum absolute atomic E-state index is 0.0996. The summed E-state index contributed by atoms with van der Waals surface area (Å²) < 4.78 is 0. The van der Waals surface area contributed by atoms with Gasteiger partial charge in [0.05, 0.1) is 17.2 Å². The van der Waals surface area contributed by atoms with Crippen LogP contribution in [0.15, 0.2) is 0 Å². The molecule has 0 bridgehead atoms. The lowest BCUT2D eigenvalue weighted by atomic mass is 10.1. The van der Waals surface area contributed by atoms with E-state index in [1.807, 2.05) is 6.92 Å². The van der Waals surface area contributed by atoms with Gasteiger partial charge in [0.1, 0.15) is 0 Å². The van der Waals surface area contributed by atoms with Crippen molar-refractivity contribution in [3.8, 4) is 0 Å². The standard InChI is InChI=1S/C12H21N3OS/c1-8-5-15(6-9(2)14(8)4)12-13-10(3)11(7-16)17-12/h8-9,16H,5-7H2,1-4H3. The van der Waals surface area contributed by atoms with Crippen LogP contribution in [0, 0.1) is 6.92 Å². The number of hydrogen-bond acceptors (Lipinski definition) is 5. The van der Waals surface area contributed by atoms with E-state index in [1.54, 1.807) is 11.3 Å². The van der Waals surface area contributed by atoms with Crippen molar-refractivity contribution in [1.82, 2.24) is 9.88 Å². The van der Waals surface area contributed by atoms with E-state index >= 15 is 0 Å². The third-order valence-corrected chi connectivity index (χ3v) is 4.86. The first-order valence-corrected chi connectivity index (χ1v) is 6.88. The Labute approximate surface area is 107 Å². The fraction of sp³-hybridized carbons (Fsp3) is 0.750. The predicted octanol–water partition coefficient (Wildman–Crippen LogP) is 1.47. The molecule has 0 spiro atoms. The molecule has 1 saturated heterocycles. The van der Waals surface area contributed by atoms with Crippen LogP contribution in [0.25, 0.3) is 0 Å².